The number of hydrogen-bond acceptors (Lipinski definition) is 4. The minimum absolute atomic E-state index is 0. The largest absolute Gasteiger partial charge is 0.380 e. The lowest BCUT2D eigenvalue weighted by atomic mass is 10.2. The van der Waals surface area contributed by atoms with Crippen molar-refractivity contribution in [3.05, 3.63) is 0 Å². The van der Waals surface area contributed by atoms with Crippen LogP contribution in [0.15, 0.2) is 0 Å². The van der Waals surface area contributed by atoms with Gasteiger partial charge in [0.15, 0.2) is 0 Å². The molecule has 0 heterocycles. The first-order chi connectivity index (χ1) is 8.08. The number of ether oxygens (including phenoxy) is 1. The fraction of sp³-hybridized carbons (Fsp3) is 0.917. The molecule has 0 aromatic carbocycles. The van der Waals surface area contributed by atoms with Gasteiger partial charge in [-0.15, -0.1) is 24.8 Å². The normalized spacial score (nSPS) is 17.1. The molecule has 1 rings (SSSR count). The van der Waals surface area contributed by atoms with Crippen LogP contribution in [0.3, 0.4) is 0 Å². The van der Waals surface area contributed by atoms with Gasteiger partial charge >= 0.3 is 0 Å². The molecule has 1 aliphatic rings. The van der Waals surface area contributed by atoms with E-state index in [1.165, 1.54) is 12.8 Å². The molecule has 0 saturated heterocycles. The van der Waals surface area contributed by atoms with Gasteiger partial charge < -0.3 is 15.8 Å². The van der Waals surface area contributed by atoms with E-state index in [4.69, 9.17) is 10.5 Å². The number of rotatable bonds is 8. The van der Waals surface area contributed by atoms with E-state index in [0.29, 0.717) is 25.6 Å². The average Bonchev–Trinajstić information content (AvgIpc) is 3.16. The second-order valence-corrected chi connectivity index (χ2v) is 4.85. The first-order valence-electron chi connectivity index (χ1n) is 6.30. The van der Waals surface area contributed by atoms with E-state index in [2.05, 4.69) is 24.2 Å². The zero-order valence-electron chi connectivity index (χ0n) is 11.9. The number of carbonyl (C=O) groups is 1. The molecule has 0 aromatic heterocycles. The molecule has 0 aliphatic heterocycles. The van der Waals surface area contributed by atoms with Gasteiger partial charge in [-0.3, -0.25) is 9.69 Å². The molecule has 1 fully saturated rings. The van der Waals surface area contributed by atoms with Crippen LogP contribution in [0, 0.1) is 0 Å². The Morgan fingerprint density at radius 3 is 2.47 bits per heavy atom. The Morgan fingerprint density at radius 2 is 2.05 bits per heavy atom. The quantitative estimate of drug-likeness (QED) is 0.695. The Morgan fingerprint density at radius 1 is 1.47 bits per heavy atom. The first kappa shape index (κ1) is 21.2. The van der Waals surface area contributed by atoms with Gasteiger partial charge in [0, 0.05) is 32.3 Å². The van der Waals surface area contributed by atoms with Crippen molar-refractivity contribution in [1.82, 2.24) is 10.2 Å². The molecule has 1 saturated carbocycles. The molecule has 0 aromatic rings. The van der Waals surface area contributed by atoms with E-state index in [1.807, 2.05) is 0 Å². The third kappa shape index (κ3) is 7.95. The van der Waals surface area contributed by atoms with Gasteiger partial charge in [0.25, 0.3) is 0 Å². The zero-order valence-corrected chi connectivity index (χ0v) is 13.6. The lowest BCUT2D eigenvalue weighted by Crippen LogP contribution is -2.42. The zero-order chi connectivity index (χ0) is 12.8. The van der Waals surface area contributed by atoms with Crippen molar-refractivity contribution in [3.63, 3.8) is 0 Å². The second kappa shape index (κ2) is 10.7. The highest BCUT2D eigenvalue weighted by atomic mass is 35.5. The van der Waals surface area contributed by atoms with Crippen LogP contribution in [-0.4, -0.2) is 56.2 Å². The lowest BCUT2D eigenvalue weighted by molar-refractivity contribution is -0.123. The molecule has 3 N–H and O–H groups in total. The summed E-state index contributed by atoms with van der Waals surface area (Å²) in [6.07, 6.45) is 2.74. The summed E-state index contributed by atoms with van der Waals surface area (Å²) in [7, 11) is 3.70. The van der Waals surface area contributed by atoms with Gasteiger partial charge in [0.1, 0.15) is 0 Å². The van der Waals surface area contributed by atoms with E-state index in [-0.39, 0.29) is 36.8 Å². The number of nitrogens with two attached hydrogens (primary N) is 1. The van der Waals surface area contributed by atoms with Crippen molar-refractivity contribution >= 4 is 30.7 Å². The summed E-state index contributed by atoms with van der Waals surface area (Å²) < 4.78 is 5.08. The molecule has 0 bridgehead atoms. The van der Waals surface area contributed by atoms with Crippen LogP contribution >= 0.6 is 24.8 Å². The standard InChI is InChI=1S/C12H25N3O2.2ClH/c1-9(15(2)10-4-5-10)8-14-12(16)6-11(7-13)17-3;;/h9-11H,4-8,13H2,1-3H3,(H,14,16);2*1H. The van der Waals surface area contributed by atoms with Crippen LogP contribution in [-0.2, 0) is 9.53 Å². The molecule has 5 nitrogen and oxygen atoms in total. The third-order valence-corrected chi connectivity index (χ3v) is 3.42. The predicted molar refractivity (Wildman–Crippen MR) is 82.2 cm³/mol. The van der Waals surface area contributed by atoms with Crippen molar-refractivity contribution in [2.24, 2.45) is 5.73 Å². The molecule has 0 spiro atoms. The van der Waals surface area contributed by atoms with Crippen LogP contribution < -0.4 is 11.1 Å². The highest BCUT2D eigenvalue weighted by molar-refractivity contribution is 5.85. The molecule has 0 radical (unpaired) electrons. The first-order valence-corrected chi connectivity index (χ1v) is 6.30. The van der Waals surface area contributed by atoms with E-state index in [0.717, 1.165) is 6.04 Å². The van der Waals surface area contributed by atoms with E-state index in [1.54, 1.807) is 7.11 Å². The number of nitrogens with one attached hydrogen (secondary N) is 1. The maximum atomic E-state index is 11.6. The summed E-state index contributed by atoms with van der Waals surface area (Å²) in [5.74, 6) is 0.0124. The number of nitrogens with zero attached hydrogens (tertiary/aromatic N) is 1. The van der Waals surface area contributed by atoms with Crippen molar-refractivity contribution in [3.8, 4) is 0 Å². The predicted octanol–water partition coefficient (Wildman–Crippen LogP) is 0.793. The lowest BCUT2D eigenvalue weighted by Gasteiger charge is -2.24. The van der Waals surface area contributed by atoms with Gasteiger partial charge in [0.2, 0.25) is 5.91 Å². The molecule has 2 atom stereocenters. The summed E-state index contributed by atoms with van der Waals surface area (Å²) in [5.41, 5.74) is 5.47. The summed E-state index contributed by atoms with van der Waals surface area (Å²) in [6, 6.07) is 1.10. The summed E-state index contributed by atoms with van der Waals surface area (Å²) in [4.78, 5) is 13.9. The van der Waals surface area contributed by atoms with E-state index in [9.17, 15) is 4.79 Å². The topological polar surface area (TPSA) is 67.6 Å². The van der Waals surface area contributed by atoms with Crippen LogP contribution in [0.4, 0.5) is 0 Å². The molecular weight excluding hydrogens is 289 g/mol. The maximum absolute atomic E-state index is 11.6. The molecule has 2 unspecified atom stereocenters. The second-order valence-electron chi connectivity index (χ2n) is 4.85. The number of methoxy groups -OCH3 is 1. The van der Waals surface area contributed by atoms with Gasteiger partial charge in [-0.05, 0) is 26.8 Å². The number of carbonyl (C=O) groups excluding carboxylic acids is 1. The van der Waals surface area contributed by atoms with Gasteiger partial charge in [0.05, 0.1) is 12.5 Å². The molecular formula is C12H27Cl2N3O2. The number of hydrogen-bond donors (Lipinski definition) is 2. The number of likely N-dealkylation sites (N-methyl/N-ethyl adjacent to an activating group) is 1. The minimum Gasteiger partial charge on any atom is -0.380 e. The van der Waals surface area contributed by atoms with E-state index < -0.39 is 0 Å². The van der Waals surface area contributed by atoms with Crippen LogP contribution in [0.25, 0.3) is 0 Å². The minimum atomic E-state index is -0.175. The molecule has 116 valence electrons. The molecule has 1 amide bonds. The fourth-order valence-corrected chi connectivity index (χ4v) is 1.79. The Bertz CT molecular complexity index is 249. The Labute approximate surface area is 128 Å². The van der Waals surface area contributed by atoms with Crippen molar-refractivity contribution in [2.45, 2.75) is 44.4 Å². The van der Waals surface area contributed by atoms with Crippen molar-refractivity contribution < 1.29 is 9.53 Å². The average molecular weight is 316 g/mol. The van der Waals surface area contributed by atoms with Crippen LogP contribution in [0.2, 0.25) is 0 Å². The third-order valence-electron chi connectivity index (χ3n) is 3.42. The highest BCUT2D eigenvalue weighted by Gasteiger charge is 2.29. The maximum Gasteiger partial charge on any atom is 0.222 e. The smallest absolute Gasteiger partial charge is 0.222 e. The SMILES string of the molecule is COC(CN)CC(=O)NCC(C)N(C)C1CC1.Cl.Cl. The molecule has 7 heteroatoms. The van der Waals surface area contributed by atoms with Gasteiger partial charge in [-0.1, -0.05) is 0 Å². The number of halogens is 2. The Balaban J connectivity index is 0. The monoisotopic (exact) mass is 315 g/mol. The summed E-state index contributed by atoms with van der Waals surface area (Å²) in [6.45, 7) is 3.20. The van der Waals surface area contributed by atoms with Crippen molar-refractivity contribution in [2.75, 3.05) is 27.2 Å². The van der Waals surface area contributed by atoms with Crippen LogP contribution in [0.1, 0.15) is 26.2 Å². The molecule has 1 aliphatic carbocycles. The van der Waals surface area contributed by atoms with Crippen molar-refractivity contribution in [1.29, 1.82) is 0 Å². The summed E-state index contributed by atoms with van der Waals surface area (Å²) >= 11 is 0. The van der Waals surface area contributed by atoms with Gasteiger partial charge in [-0.25, -0.2) is 0 Å². The van der Waals surface area contributed by atoms with E-state index >= 15 is 0 Å². The Hall–Kier alpha value is -0.0700. The summed E-state index contributed by atoms with van der Waals surface area (Å²) in [5, 5.41) is 2.93. The number of amides is 1. The highest BCUT2D eigenvalue weighted by Crippen LogP contribution is 2.26. The van der Waals surface area contributed by atoms with Crippen LogP contribution in [0.5, 0.6) is 0 Å². The van der Waals surface area contributed by atoms with Gasteiger partial charge in [-0.2, -0.15) is 0 Å². The Kier molecular flexibility index (Phi) is 11.9. The fourth-order valence-electron chi connectivity index (χ4n) is 1.79. The molecule has 19 heavy (non-hydrogen) atoms.